The Balaban J connectivity index is 2.10. The average molecular weight is 332 g/mol. The van der Waals surface area contributed by atoms with E-state index in [1.54, 1.807) is 6.07 Å². The first-order valence-corrected chi connectivity index (χ1v) is 8.73. The maximum atomic E-state index is 12.8. The number of likely N-dealkylation sites (tertiary alicyclic amines) is 1. The van der Waals surface area contributed by atoms with Crippen LogP contribution >= 0.6 is 0 Å². The van der Waals surface area contributed by atoms with E-state index in [0.29, 0.717) is 30.3 Å². The molecule has 1 heterocycles. The zero-order valence-corrected chi connectivity index (χ0v) is 15.0. The van der Waals surface area contributed by atoms with Gasteiger partial charge in [-0.3, -0.25) is 9.59 Å². The van der Waals surface area contributed by atoms with Crippen molar-refractivity contribution in [1.82, 2.24) is 10.2 Å². The maximum Gasteiger partial charge on any atom is 0.254 e. The van der Waals surface area contributed by atoms with Gasteiger partial charge in [0.15, 0.2) is 0 Å². The molecule has 0 aliphatic carbocycles. The second kappa shape index (κ2) is 8.18. The Morgan fingerprint density at radius 2 is 2.08 bits per heavy atom. The summed E-state index contributed by atoms with van der Waals surface area (Å²) in [4.78, 5) is 26.1. The van der Waals surface area contributed by atoms with Gasteiger partial charge in [-0.2, -0.15) is 0 Å². The number of carbonyl (C=O) groups excluding carboxylic acids is 2. The molecule has 1 saturated heterocycles. The van der Waals surface area contributed by atoms with Crippen molar-refractivity contribution in [2.24, 2.45) is 5.92 Å². The zero-order valence-electron chi connectivity index (χ0n) is 15.0. The number of hydrogen-bond donors (Lipinski definition) is 1. The summed E-state index contributed by atoms with van der Waals surface area (Å²) in [5, 5.41) is 2.99. The van der Waals surface area contributed by atoms with Gasteiger partial charge in [0.25, 0.3) is 5.91 Å². The smallest absolute Gasteiger partial charge is 0.254 e. The van der Waals surface area contributed by atoms with Gasteiger partial charge >= 0.3 is 0 Å². The number of nitrogens with zero attached hydrogens (tertiary/aromatic N) is 1. The predicted octanol–water partition coefficient (Wildman–Crippen LogP) is 2.85. The van der Waals surface area contributed by atoms with E-state index in [4.69, 9.17) is 4.74 Å². The highest BCUT2D eigenvalue weighted by atomic mass is 16.5. The Labute approximate surface area is 144 Å². The Morgan fingerprint density at radius 3 is 2.71 bits per heavy atom. The highest BCUT2D eigenvalue weighted by Gasteiger charge is 2.35. The molecule has 5 nitrogen and oxygen atoms in total. The highest BCUT2D eigenvalue weighted by Crippen LogP contribution is 2.24. The van der Waals surface area contributed by atoms with Crippen molar-refractivity contribution in [2.45, 2.75) is 52.7 Å². The first-order valence-electron chi connectivity index (χ1n) is 8.73. The molecular weight excluding hydrogens is 304 g/mol. The highest BCUT2D eigenvalue weighted by molar-refractivity contribution is 5.95. The summed E-state index contributed by atoms with van der Waals surface area (Å²) < 4.78 is 5.67. The zero-order chi connectivity index (χ0) is 17.7. The standard InChI is InChI=1S/C19H28N2O3/c1-5-7-16-11-21(12-18(16)20-14(4)22)19(23)15-8-6-9-17(10-15)24-13(2)3/h6,8-10,13,16,18H,5,7,11-12H2,1-4H3,(H,20,22)/t16-,18-/m1/s1. The number of amides is 2. The van der Waals surface area contributed by atoms with Gasteiger partial charge in [0.05, 0.1) is 12.1 Å². The van der Waals surface area contributed by atoms with Crippen molar-refractivity contribution >= 4 is 11.8 Å². The molecule has 1 aromatic rings. The Bertz CT molecular complexity index is 586. The SMILES string of the molecule is CCC[C@@H]1CN(C(=O)c2cccc(OC(C)C)c2)C[C@H]1NC(C)=O. The minimum atomic E-state index is -0.0391. The molecule has 1 aromatic carbocycles. The molecule has 1 aliphatic rings. The van der Waals surface area contributed by atoms with Crippen LogP contribution in [-0.4, -0.2) is 41.9 Å². The van der Waals surface area contributed by atoms with Gasteiger partial charge in [0.1, 0.15) is 5.75 Å². The molecule has 24 heavy (non-hydrogen) atoms. The van der Waals surface area contributed by atoms with Crippen LogP contribution in [0.1, 0.15) is 50.9 Å². The Hall–Kier alpha value is -2.04. The van der Waals surface area contributed by atoms with Crippen LogP contribution in [0.2, 0.25) is 0 Å². The van der Waals surface area contributed by atoms with E-state index in [-0.39, 0.29) is 24.0 Å². The van der Waals surface area contributed by atoms with E-state index < -0.39 is 0 Å². The van der Waals surface area contributed by atoms with Gasteiger partial charge in [0, 0.05) is 25.6 Å². The summed E-state index contributed by atoms with van der Waals surface area (Å²) in [5.74, 6) is 0.984. The van der Waals surface area contributed by atoms with Gasteiger partial charge in [-0.25, -0.2) is 0 Å². The first-order chi connectivity index (χ1) is 11.4. The van der Waals surface area contributed by atoms with Gasteiger partial charge < -0.3 is 15.0 Å². The average Bonchev–Trinajstić information content (AvgIpc) is 2.88. The third kappa shape index (κ3) is 4.73. The van der Waals surface area contributed by atoms with Crippen LogP contribution in [0.25, 0.3) is 0 Å². The van der Waals surface area contributed by atoms with Gasteiger partial charge in [-0.1, -0.05) is 19.4 Å². The summed E-state index contributed by atoms with van der Waals surface area (Å²) in [5.41, 5.74) is 0.631. The summed E-state index contributed by atoms with van der Waals surface area (Å²) >= 11 is 0. The molecule has 2 rings (SSSR count). The number of nitrogens with one attached hydrogen (secondary N) is 1. The lowest BCUT2D eigenvalue weighted by molar-refractivity contribution is -0.119. The predicted molar refractivity (Wildman–Crippen MR) is 94.1 cm³/mol. The number of rotatable bonds is 6. The fourth-order valence-corrected chi connectivity index (χ4v) is 3.28. The largest absolute Gasteiger partial charge is 0.491 e. The normalized spacial score (nSPS) is 20.3. The quantitative estimate of drug-likeness (QED) is 0.871. The Morgan fingerprint density at radius 1 is 1.33 bits per heavy atom. The van der Waals surface area contributed by atoms with E-state index in [2.05, 4.69) is 12.2 Å². The maximum absolute atomic E-state index is 12.8. The van der Waals surface area contributed by atoms with Crippen molar-refractivity contribution < 1.29 is 14.3 Å². The van der Waals surface area contributed by atoms with Crippen LogP contribution < -0.4 is 10.1 Å². The van der Waals surface area contributed by atoms with Crippen molar-refractivity contribution in [3.63, 3.8) is 0 Å². The minimum absolute atomic E-state index is 0.00170. The monoisotopic (exact) mass is 332 g/mol. The van der Waals surface area contributed by atoms with E-state index in [9.17, 15) is 9.59 Å². The van der Waals surface area contributed by atoms with Gasteiger partial charge in [-0.05, 0) is 44.4 Å². The van der Waals surface area contributed by atoms with Crippen LogP contribution in [0.15, 0.2) is 24.3 Å². The second-order valence-corrected chi connectivity index (χ2v) is 6.76. The number of hydrogen-bond acceptors (Lipinski definition) is 3. The van der Waals surface area contributed by atoms with Crippen LogP contribution in [0.5, 0.6) is 5.75 Å². The summed E-state index contributed by atoms with van der Waals surface area (Å²) in [7, 11) is 0. The molecule has 5 heteroatoms. The van der Waals surface area contributed by atoms with E-state index in [1.165, 1.54) is 6.92 Å². The topological polar surface area (TPSA) is 58.6 Å². The first kappa shape index (κ1) is 18.3. The van der Waals surface area contributed by atoms with Crippen molar-refractivity contribution in [1.29, 1.82) is 0 Å². The molecule has 0 spiro atoms. The molecule has 0 unspecified atom stereocenters. The van der Waals surface area contributed by atoms with Crippen molar-refractivity contribution in [3.8, 4) is 5.75 Å². The molecule has 1 aliphatic heterocycles. The molecule has 0 aromatic heterocycles. The van der Waals surface area contributed by atoms with Crippen LogP contribution in [0.4, 0.5) is 0 Å². The second-order valence-electron chi connectivity index (χ2n) is 6.76. The molecule has 0 bridgehead atoms. The van der Waals surface area contributed by atoms with E-state index in [1.807, 2.05) is 36.9 Å². The van der Waals surface area contributed by atoms with Gasteiger partial charge in [0.2, 0.25) is 5.91 Å². The van der Waals surface area contributed by atoms with Crippen LogP contribution in [0.3, 0.4) is 0 Å². The molecule has 1 fully saturated rings. The molecule has 0 radical (unpaired) electrons. The third-order valence-electron chi connectivity index (χ3n) is 4.23. The number of ether oxygens (including phenoxy) is 1. The summed E-state index contributed by atoms with van der Waals surface area (Å²) in [6.07, 6.45) is 2.12. The lowest BCUT2D eigenvalue weighted by Crippen LogP contribution is -2.39. The third-order valence-corrected chi connectivity index (χ3v) is 4.23. The summed E-state index contributed by atoms with van der Waals surface area (Å²) in [6, 6.07) is 7.36. The lowest BCUT2D eigenvalue weighted by atomic mass is 9.98. The number of benzene rings is 1. The van der Waals surface area contributed by atoms with Crippen molar-refractivity contribution in [3.05, 3.63) is 29.8 Å². The molecule has 2 amide bonds. The molecule has 132 valence electrons. The minimum Gasteiger partial charge on any atom is -0.491 e. The lowest BCUT2D eigenvalue weighted by Gasteiger charge is -2.18. The van der Waals surface area contributed by atoms with Gasteiger partial charge in [-0.15, -0.1) is 0 Å². The molecule has 1 N–H and O–H groups in total. The van der Waals surface area contributed by atoms with E-state index >= 15 is 0 Å². The molecule has 2 atom stereocenters. The molecule has 0 saturated carbocycles. The molecular formula is C19H28N2O3. The van der Waals surface area contributed by atoms with Crippen molar-refractivity contribution in [2.75, 3.05) is 13.1 Å². The number of carbonyl (C=O) groups is 2. The van der Waals surface area contributed by atoms with E-state index in [0.717, 1.165) is 12.8 Å². The fourth-order valence-electron chi connectivity index (χ4n) is 3.28. The van der Waals surface area contributed by atoms with Crippen LogP contribution in [-0.2, 0) is 4.79 Å². The Kier molecular flexibility index (Phi) is 6.23. The van der Waals surface area contributed by atoms with Crippen LogP contribution in [0, 0.1) is 5.92 Å². The summed E-state index contributed by atoms with van der Waals surface area (Å²) in [6.45, 7) is 8.83. The fraction of sp³-hybridized carbons (Fsp3) is 0.579.